The molecule has 1 aliphatic heterocycles. The van der Waals surface area contributed by atoms with E-state index in [2.05, 4.69) is 34.0 Å². The number of aromatic amines is 1. The van der Waals surface area contributed by atoms with Gasteiger partial charge in [0.15, 0.2) is 5.03 Å². The van der Waals surface area contributed by atoms with Gasteiger partial charge in [-0.2, -0.15) is 4.31 Å². The second kappa shape index (κ2) is 5.81. The molecular formula is C13H20N6O2S. The van der Waals surface area contributed by atoms with Crippen molar-refractivity contribution in [2.75, 3.05) is 13.1 Å². The van der Waals surface area contributed by atoms with Gasteiger partial charge in [-0.1, -0.05) is 0 Å². The molecule has 3 rings (SSSR count). The van der Waals surface area contributed by atoms with E-state index in [1.807, 2.05) is 4.57 Å². The second-order valence-corrected chi connectivity index (χ2v) is 7.71. The molecule has 0 bridgehead atoms. The summed E-state index contributed by atoms with van der Waals surface area (Å²) < 4.78 is 28.7. The van der Waals surface area contributed by atoms with Gasteiger partial charge in [0, 0.05) is 25.0 Å². The first-order chi connectivity index (χ1) is 10.5. The van der Waals surface area contributed by atoms with Crippen molar-refractivity contribution in [3.63, 3.8) is 0 Å². The normalized spacial score (nSPS) is 20.6. The van der Waals surface area contributed by atoms with Crippen molar-refractivity contribution in [3.05, 3.63) is 24.7 Å². The number of sulfonamides is 1. The van der Waals surface area contributed by atoms with E-state index in [4.69, 9.17) is 0 Å². The van der Waals surface area contributed by atoms with E-state index < -0.39 is 10.0 Å². The summed E-state index contributed by atoms with van der Waals surface area (Å²) in [6, 6.07) is 0.254. The smallest absolute Gasteiger partial charge is 0.260 e. The summed E-state index contributed by atoms with van der Waals surface area (Å²) in [6.07, 6.45) is 6.16. The van der Waals surface area contributed by atoms with Crippen LogP contribution in [0.15, 0.2) is 23.9 Å². The molecule has 3 heterocycles. The molecule has 1 saturated heterocycles. The first-order valence-corrected chi connectivity index (χ1v) is 8.82. The lowest BCUT2D eigenvalue weighted by atomic mass is 9.98. The lowest BCUT2D eigenvalue weighted by molar-refractivity contribution is 0.301. The van der Waals surface area contributed by atoms with Gasteiger partial charge in [-0.05, 0) is 26.7 Å². The van der Waals surface area contributed by atoms with Crippen LogP contribution in [-0.2, 0) is 10.0 Å². The van der Waals surface area contributed by atoms with Gasteiger partial charge < -0.3 is 9.55 Å². The lowest BCUT2D eigenvalue weighted by Gasteiger charge is -2.31. The number of hydrogen-bond donors (Lipinski definition) is 1. The first kappa shape index (κ1) is 15.2. The van der Waals surface area contributed by atoms with Crippen molar-refractivity contribution in [1.82, 2.24) is 29.0 Å². The Balaban J connectivity index is 1.84. The van der Waals surface area contributed by atoms with Crippen molar-refractivity contribution in [2.45, 2.75) is 43.7 Å². The fourth-order valence-electron chi connectivity index (χ4n) is 2.84. The minimum atomic E-state index is -3.52. The Kier molecular flexibility index (Phi) is 4.00. The molecule has 0 spiro atoms. The highest BCUT2D eigenvalue weighted by Gasteiger charge is 2.33. The molecule has 0 aromatic carbocycles. The van der Waals surface area contributed by atoms with Crippen LogP contribution in [0.3, 0.4) is 0 Å². The summed E-state index contributed by atoms with van der Waals surface area (Å²) in [6.45, 7) is 5.07. The highest BCUT2D eigenvalue weighted by atomic mass is 32.2. The van der Waals surface area contributed by atoms with Crippen LogP contribution in [-0.4, -0.2) is 50.5 Å². The average Bonchev–Trinajstić information content (AvgIpc) is 3.19. The zero-order valence-electron chi connectivity index (χ0n) is 12.7. The Morgan fingerprint density at radius 1 is 1.41 bits per heavy atom. The Bertz CT molecular complexity index is 722. The highest BCUT2D eigenvalue weighted by Crippen LogP contribution is 2.29. The van der Waals surface area contributed by atoms with Gasteiger partial charge in [0.25, 0.3) is 10.0 Å². The molecule has 120 valence electrons. The topological polar surface area (TPSA) is 96.8 Å². The Labute approximate surface area is 129 Å². The summed E-state index contributed by atoms with van der Waals surface area (Å²) in [5.74, 6) is 0.927. The molecule has 8 nitrogen and oxygen atoms in total. The van der Waals surface area contributed by atoms with Crippen molar-refractivity contribution in [1.29, 1.82) is 0 Å². The van der Waals surface area contributed by atoms with Gasteiger partial charge in [-0.15, -0.1) is 10.2 Å². The van der Waals surface area contributed by atoms with Crippen molar-refractivity contribution in [2.24, 2.45) is 0 Å². The van der Waals surface area contributed by atoms with Gasteiger partial charge in [0.05, 0.1) is 12.5 Å². The summed E-state index contributed by atoms with van der Waals surface area (Å²) in [5, 5.41) is 8.33. The average molecular weight is 324 g/mol. The fourth-order valence-corrected chi connectivity index (χ4v) is 4.26. The van der Waals surface area contributed by atoms with Gasteiger partial charge in [0.1, 0.15) is 12.2 Å². The molecule has 0 radical (unpaired) electrons. The number of H-pyrrole nitrogens is 1. The van der Waals surface area contributed by atoms with Crippen LogP contribution in [0.4, 0.5) is 0 Å². The van der Waals surface area contributed by atoms with Crippen molar-refractivity contribution in [3.8, 4) is 0 Å². The summed E-state index contributed by atoms with van der Waals surface area (Å²) in [4.78, 5) is 6.48. The monoisotopic (exact) mass is 324 g/mol. The third kappa shape index (κ3) is 2.66. The molecule has 1 N–H and O–H groups in total. The molecule has 0 saturated carbocycles. The maximum Gasteiger partial charge on any atom is 0.260 e. The van der Waals surface area contributed by atoms with E-state index in [0.717, 1.165) is 18.7 Å². The van der Waals surface area contributed by atoms with Gasteiger partial charge in [-0.25, -0.2) is 13.4 Å². The van der Waals surface area contributed by atoms with Gasteiger partial charge >= 0.3 is 0 Å². The van der Waals surface area contributed by atoms with Crippen LogP contribution >= 0.6 is 0 Å². The molecule has 0 amide bonds. The SMILES string of the molecule is CC(C)n1cnnc1[C@H]1CCCN(S(=O)(=O)c2cnc[nH]2)C1. The summed E-state index contributed by atoms with van der Waals surface area (Å²) >= 11 is 0. The van der Waals surface area contributed by atoms with Crippen LogP contribution in [0.5, 0.6) is 0 Å². The summed E-state index contributed by atoms with van der Waals surface area (Å²) in [7, 11) is -3.52. The molecule has 1 aliphatic rings. The Hall–Kier alpha value is -1.74. The van der Waals surface area contributed by atoms with E-state index >= 15 is 0 Å². The van der Waals surface area contributed by atoms with E-state index in [1.54, 1.807) is 6.33 Å². The maximum atomic E-state index is 12.6. The maximum absolute atomic E-state index is 12.6. The largest absolute Gasteiger partial charge is 0.335 e. The van der Waals surface area contributed by atoms with Crippen LogP contribution < -0.4 is 0 Å². The molecular weight excluding hydrogens is 304 g/mol. The predicted molar refractivity (Wildman–Crippen MR) is 79.7 cm³/mol. The number of nitrogens with zero attached hydrogens (tertiary/aromatic N) is 5. The van der Waals surface area contributed by atoms with Crippen LogP contribution in [0.2, 0.25) is 0 Å². The standard InChI is InChI=1S/C13H20N6O2S/c1-10(2)19-9-16-17-13(19)11-4-3-5-18(7-11)22(20,21)12-6-14-8-15-12/h6,8-11H,3-5,7H2,1-2H3,(H,14,15)/t11-/m0/s1. The third-order valence-electron chi connectivity index (χ3n) is 4.00. The van der Waals surface area contributed by atoms with Crippen molar-refractivity contribution >= 4 is 10.0 Å². The van der Waals surface area contributed by atoms with Crippen LogP contribution in [0.25, 0.3) is 0 Å². The molecule has 22 heavy (non-hydrogen) atoms. The fraction of sp³-hybridized carbons (Fsp3) is 0.615. The van der Waals surface area contributed by atoms with Crippen LogP contribution in [0, 0.1) is 0 Å². The van der Waals surface area contributed by atoms with Gasteiger partial charge in [0.2, 0.25) is 0 Å². The Morgan fingerprint density at radius 2 is 2.23 bits per heavy atom. The van der Waals surface area contributed by atoms with E-state index in [1.165, 1.54) is 16.8 Å². The highest BCUT2D eigenvalue weighted by molar-refractivity contribution is 7.89. The minimum Gasteiger partial charge on any atom is -0.335 e. The summed E-state index contributed by atoms with van der Waals surface area (Å²) in [5.41, 5.74) is 0. The van der Waals surface area contributed by atoms with Crippen molar-refractivity contribution < 1.29 is 8.42 Å². The molecule has 2 aromatic rings. The predicted octanol–water partition coefficient (Wildman–Crippen LogP) is 1.15. The molecule has 1 atom stereocenters. The van der Waals surface area contributed by atoms with E-state index in [-0.39, 0.29) is 17.0 Å². The molecule has 2 aromatic heterocycles. The van der Waals surface area contributed by atoms with E-state index in [9.17, 15) is 8.42 Å². The zero-order chi connectivity index (χ0) is 15.7. The number of nitrogens with one attached hydrogen (secondary N) is 1. The molecule has 0 aliphatic carbocycles. The first-order valence-electron chi connectivity index (χ1n) is 7.38. The van der Waals surface area contributed by atoms with Gasteiger partial charge in [-0.3, -0.25) is 0 Å². The molecule has 1 fully saturated rings. The third-order valence-corrected chi connectivity index (χ3v) is 5.79. The quantitative estimate of drug-likeness (QED) is 0.910. The number of hydrogen-bond acceptors (Lipinski definition) is 5. The Morgan fingerprint density at radius 3 is 2.91 bits per heavy atom. The second-order valence-electron chi connectivity index (χ2n) is 5.81. The number of aromatic nitrogens is 5. The number of imidazole rings is 1. The number of piperidine rings is 1. The molecule has 9 heteroatoms. The minimum absolute atomic E-state index is 0.0661. The lowest BCUT2D eigenvalue weighted by Crippen LogP contribution is -2.40. The van der Waals surface area contributed by atoms with Crippen LogP contribution in [0.1, 0.15) is 44.5 Å². The zero-order valence-corrected chi connectivity index (χ0v) is 13.5. The molecule has 0 unspecified atom stereocenters. The number of rotatable bonds is 4. The van der Waals surface area contributed by atoms with E-state index in [0.29, 0.717) is 13.1 Å².